The molecule has 0 radical (unpaired) electrons. The van der Waals surface area contributed by atoms with Crippen LogP contribution in [0.1, 0.15) is 25.5 Å². The van der Waals surface area contributed by atoms with E-state index in [1.54, 1.807) is 11.3 Å². The second-order valence-electron chi connectivity index (χ2n) is 5.04. The second-order valence-corrected chi connectivity index (χ2v) is 5.88. The van der Waals surface area contributed by atoms with Crippen molar-refractivity contribution in [2.45, 2.75) is 26.2 Å². The van der Waals surface area contributed by atoms with E-state index in [0.717, 1.165) is 43.4 Å². The molecule has 0 saturated carbocycles. The molecule has 0 spiro atoms. The molecule has 0 amide bonds. The molecular formula is C14H22N2O3S. The number of aromatic nitrogens is 1. The Hall–Kier alpha value is -1.14. The van der Waals surface area contributed by atoms with Gasteiger partial charge in [-0.05, 0) is 25.7 Å². The van der Waals surface area contributed by atoms with Crippen molar-refractivity contribution in [2.75, 3.05) is 38.3 Å². The van der Waals surface area contributed by atoms with E-state index in [4.69, 9.17) is 9.47 Å². The molecule has 1 aliphatic heterocycles. The van der Waals surface area contributed by atoms with Crippen molar-refractivity contribution in [3.63, 3.8) is 0 Å². The maximum absolute atomic E-state index is 11.4. The van der Waals surface area contributed by atoms with Gasteiger partial charge in [0.1, 0.15) is 0 Å². The van der Waals surface area contributed by atoms with Crippen LogP contribution in [0.4, 0.5) is 5.13 Å². The molecule has 20 heavy (non-hydrogen) atoms. The number of thiazole rings is 1. The highest BCUT2D eigenvalue weighted by molar-refractivity contribution is 7.13. The quantitative estimate of drug-likeness (QED) is 0.753. The molecule has 2 heterocycles. The fraction of sp³-hybridized carbons (Fsp3) is 0.714. The Balaban J connectivity index is 1.85. The predicted octanol–water partition coefficient (Wildman–Crippen LogP) is 2.11. The van der Waals surface area contributed by atoms with Crippen molar-refractivity contribution in [3.8, 4) is 0 Å². The normalized spacial score (nSPS) is 16.1. The third kappa shape index (κ3) is 4.45. The highest BCUT2D eigenvalue weighted by Gasteiger charge is 2.18. The smallest absolute Gasteiger partial charge is 0.311 e. The minimum atomic E-state index is -0.212. The van der Waals surface area contributed by atoms with Crippen LogP contribution in [0.3, 0.4) is 0 Å². The van der Waals surface area contributed by atoms with Crippen molar-refractivity contribution in [1.29, 1.82) is 0 Å². The molecule has 0 aromatic carbocycles. The third-order valence-electron chi connectivity index (χ3n) is 3.37. The van der Waals surface area contributed by atoms with Gasteiger partial charge < -0.3 is 14.4 Å². The Morgan fingerprint density at radius 1 is 1.55 bits per heavy atom. The number of hydrogen-bond acceptors (Lipinski definition) is 6. The SMILES string of the molecule is CCOC(=O)Cc1csc(N(C)CC2CCOCC2)n1. The summed E-state index contributed by atoms with van der Waals surface area (Å²) in [5, 5.41) is 2.91. The zero-order valence-electron chi connectivity index (χ0n) is 12.1. The molecule has 1 saturated heterocycles. The first-order valence-corrected chi connectivity index (χ1v) is 7.96. The fourth-order valence-electron chi connectivity index (χ4n) is 2.31. The molecule has 6 heteroatoms. The van der Waals surface area contributed by atoms with E-state index in [2.05, 4.69) is 16.9 Å². The maximum Gasteiger partial charge on any atom is 0.311 e. The van der Waals surface area contributed by atoms with Crippen LogP contribution < -0.4 is 4.90 Å². The van der Waals surface area contributed by atoms with Crippen LogP contribution in [0.25, 0.3) is 0 Å². The van der Waals surface area contributed by atoms with Crippen molar-refractivity contribution in [2.24, 2.45) is 5.92 Å². The van der Waals surface area contributed by atoms with E-state index >= 15 is 0 Å². The van der Waals surface area contributed by atoms with Gasteiger partial charge in [0.05, 0.1) is 18.7 Å². The van der Waals surface area contributed by atoms with Crippen LogP contribution in [0.5, 0.6) is 0 Å². The van der Waals surface area contributed by atoms with Crippen molar-refractivity contribution in [1.82, 2.24) is 4.98 Å². The van der Waals surface area contributed by atoms with E-state index < -0.39 is 0 Å². The molecule has 0 atom stereocenters. The molecule has 1 fully saturated rings. The summed E-state index contributed by atoms with van der Waals surface area (Å²) in [5.41, 5.74) is 0.794. The van der Waals surface area contributed by atoms with E-state index in [1.807, 2.05) is 12.3 Å². The first-order chi connectivity index (χ1) is 9.69. The van der Waals surface area contributed by atoms with E-state index in [9.17, 15) is 4.79 Å². The molecule has 1 aromatic heterocycles. The Bertz CT molecular complexity index is 430. The van der Waals surface area contributed by atoms with Gasteiger partial charge in [0.2, 0.25) is 0 Å². The van der Waals surface area contributed by atoms with Gasteiger partial charge in [0.25, 0.3) is 0 Å². The average molecular weight is 298 g/mol. The van der Waals surface area contributed by atoms with Gasteiger partial charge in [0, 0.05) is 32.2 Å². The first-order valence-electron chi connectivity index (χ1n) is 7.08. The molecule has 0 bridgehead atoms. The monoisotopic (exact) mass is 298 g/mol. The minimum Gasteiger partial charge on any atom is -0.466 e. The first kappa shape index (κ1) is 15.3. The van der Waals surface area contributed by atoms with Crippen LogP contribution in [0.15, 0.2) is 5.38 Å². The van der Waals surface area contributed by atoms with Gasteiger partial charge >= 0.3 is 5.97 Å². The third-order valence-corrected chi connectivity index (χ3v) is 4.37. The number of rotatable bonds is 6. The van der Waals surface area contributed by atoms with Crippen LogP contribution in [0.2, 0.25) is 0 Å². The van der Waals surface area contributed by atoms with E-state index in [0.29, 0.717) is 12.5 Å². The fourth-order valence-corrected chi connectivity index (χ4v) is 3.11. The summed E-state index contributed by atoms with van der Waals surface area (Å²) in [6, 6.07) is 0. The van der Waals surface area contributed by atoms with E-state index in [-0.39, 0.29) is 12.4 Å². The Labute approximate surface area is 123 Å². The lowest BCUT2D eigenvalue weighted by atomic mass is 10.0. The van der Waals surface area contributed by atoms with Crippen LogP contribution >= 0.6 is 11.3 Å². The number of ether oxygens (including phenoxy) is 2. The van der Waals surface area contributed by atoms with Gasteiger partial charge in [-0.1, -0.05) is 0 Å². The number of esters is 1. The number of carbonyl (C=O) groups excluding carboxylic acids is 1. The average Bonchev–Trinajstić information content (AvgIpc) is 2.88. The molecule has 2 rings (SSSR count). The van der Waals surface area contributed by atoms with Gasteiger partial charge in [-0.25, -0.2) is 4.98 Å². The molecule has 112 valence electrons. The van der Waals surface area contributed by atoms with Gasteiger partial charge in [0.15, 0.2) is 5.13 Å². The lowest BCUT2D eigenvalue weighted by molar-refractivity contribution is -0.142. The topological polar surface area (TPSA) is 51.7 Å². The van der Waals surface area contributed by atoms with Crippen molar-refractivity contribution in [3.05, 3.63) is 11.1 Å². The zero-order valence-corrected chi connectivity index (χ0v) is 12.9. The number of nitrogens with zero attached hydrogens (tertiary/aromatic N) is 2. The largest absolute Gasteiger partial charge is 0.466 e. The summed E-state index contributed by atoms with van der Waals surface area (Å²) in [6.07, 6.45) is 2.49. The van der Waals surface area contributed by atoms with Gasteiger partial charge in [-0.15, -0.1) is 11.3 Å². The highest BCUT2D eigenvalue weighted by atomic mass is 32.1. The summed E-state index contributed by atoms with van der Waals surface area (Å²) in [7, 11) is 2.06. The second kappa shape index (κ2) is 7.59. The molecule has 0 unspecified atom stereocenters. The minimum absolute atomic E-state index is 0.212. The molecule has 5 nitrogen and oxygen atoms in total. The van der Waals surface area contributed by atoms with Crippen LogP contribution in [-0.2, 0) is 20.7 Å². The zero-order chi connectivity index (χ0) is 14.4. The Kier molecular flexibility index (Phi) is 5.79. The highest BCUT2D eigenvalue weighted by Crippen LogP contribution is 2.23. The lowest BCUT2D eigenvalue weighted by Crippen LogP contribution is -2.29. The summed E-state index contributed by atoms with van der Waals surface area (Å²) in [5.74, 6) is 0.461. The molecule has 0 aliphatic carbocycles. The predicted molar refractivity (Wildman–Crippen MR) is 79.3 cm³/mol. The number of anilines is 1. The molecular weight excluding hydrogens is 276 g/mol. The standard InChI is InChI=1S/C14H22N2O3S/c1-3-19-13(17)8-12-10-20-14(15-12)16(2)9-11-4-6-18-7-5-11/h10-11H,3-9H2,1-2H3. The Morgan fingerprint density at radius 3 is 3.00 bits per heavy atom. The number of carbonyl (C=O) groups is 1. The summed E-state index contributed by atoms with van der Waals surface area (Å²) in [4.78, 5) is 18.1. The summed E-state index contributed by atoms with van der Waals surface area (Å²) < 4.78 is 10.3. The lowest BCUT2D eigenvalue weighted by Gasteiger charge is -2.26. The molecule has 0 N–H and O–H groups in total. The van der Waals surface area contributed by atoms with Crippen molar-refractivity contribution >= 4 is 22.4 Å². The summed E-state index contributed by atoms with van der Waals surface area (Å²) >= 11 is 1.58. The van der Waals surface area contributed by atoms with Crippen molar-refractivity contribution < 1.29 is 14.3 Å². The molecule has 1 aliphatic rings. The van der Waals surface area contributed by atoms with Gasteiger partial charge in [-0.2, -0.15) is 0 Å². The summed E-state index contributed by atoms with van der Waals surface area (Å²) in [6.45, 7) is 4.95. The Morgan fingerprint density at radius 2 is 2.30 bits per heavy atom. The maximum atomic E-state index is 11.4. The number of hydrogen-bond donors (Lipinski definition) is 0. The molecule has 1 aromatic rings. The van der Waals surface area contributed by atoms with E-state index in [1.165, 1.54) is 0 Å². The van der Waals surface area contributed by atoms with Crippen LogP contribution in [0, 0.1) is 5.92 Å². The van der Waals surface area contributed by atoms with Crippen LogP contribution in [-0.4, -0.2) is 44.4 Å². The van der Waals surface area contributed by atoms with Gasteiger partial charge in [-0.3, -0.25) is 4.79 Å².